The van der Waals surface area contributed by atoms with E-state index in [9.17, 15) is 0 Å². The van der Waals surface area contributed by atoms with Crippen LogP contribution in [0.4, 0.5) is 17.2 Å². The van der Waals surface area contributed by atoms with Crippen LogP contribution in [0.5, 0.6) is 0 Å². The maximum absolute atomic E-state index is 5.77. The molecule has 1 aromatic carbocycles. The number of benzene rings is 1. The van der Waals surface area contributed by atoms with Gasteiger partial charge in [0.2, 0.25) is 0 Å². The number of nitrogen functional groups attached to an aromatic ring is 1. The zero-order valence-corrected chi connectivity index (χ0v) is 10.6. The summed E-state index contributed by atoms with van der Waals surface area (Å²) in [6, 6.07) is 13.7. The molecule has 0 saturated carbocycles. The molecule has 0 atom stereocenters. The quantitative estimate of drug-likeness (QED) is 0.732. The van der Waals surface area contributed by atoms with Gasteiger partial charge in [-0.3, -0.25) is 4.98 Å². The second-order valence-electron chi connectivity index (χ2n) is 4.37. The minimum atomic E-state index is 0.699. The molecular formula is C15H14N4. The summed E-state index contributed by atoms with van der Waals surface area (Å²) in [5, 5.41) is 4.38. The summed E-state index contributed by atoms with van der Waals surface area (Å²) in [7, 11) is 0. The number of aryl methyl sites for hydroxylation is 1. The standard InChI is InChI=1S/C15H14N4/c1-10-12(16)7-8-15(18-10)19-14-6-2-5-13-11(14)4-3-9-17-13/h2-9H,16H2,1H3,(H,18,19). The predicted octanol–water partition coefficient (Wildman–Crippen LogP) is 3.26. The van der Waals surface area contributed by atoms with Crippen LogP contribution in [0.15, 0.2) is 48.7 Å². The highest BCUT2D eigenvalue weighted by Gasteiger charge is 2.03. The number of nitrogens with zero attached hydrogens (tertiary/aromatic N) is 2. The van der Waals surface area contributed by atoms with Crippen molar-refractivity contribution < 1.29 is 0 Å². The van der Waals surface area contributed by atoms with Gasteiger partial charge in [0, 0.05) is 17.3 Å². The molecule has 3 N–H and O–H groups in total. The van der Waals surface area contributed by atoms with Crippen LogP contribution in [0.25, 0.3) is 10.9 Å². The molecule has 4 nitrogen and oxygen atoms in total. The number of fused-ring (bicyclic) bond motifs is 1. The van der Waals surface area contributed by atoms with Gasteiger partial charge in [0.1, 0.15) is 5.82 Å². The number of hydrogen-bond acceptors (Lipinski definition) is 4. The van der Waals surface area contributed by atoms with Gasteiger partial charge in [-0.1, -0.05) is 6.07 Å². The van der Waals surface area contributed by atoms with Crippen LogP contribution in [-0.4, -0.2) is 9.97 Å². The number of nitrogens with one attached hydrogen (secondary N) is 1. The van der Waals surface area contributed by atoms with Crippen molar-refractivity contribution in [3.05, 3.63) is 54.4 Å². The lowest BCUT2D eigenvalue weighted by molar-refractivity contribution is 1.20. The molecule has 0 spiro atoms. The number of hydrogen-bond donors (Lipinski definition) is 2. The normalized spacial score (nSPS) is 10.6. The minimum Gasteiger partial charge on any atom is -0.397 e. The molecule has 0 bridgehead atoms. The van der Waals surface area contributed by atoms with Crippen LogP contribution >= 0.6 is 0 Å². The number of nitrogens with two attached hydrogens (primary N) is 1. The first-order valence-corrected chi connectivity index (χ1v) is 6.08. The fourth-order valence-corrected chi connectivity index (χ4v) is 1.99. The van der Waals surface area contributed by atoms with Crippen molar-refractivity contribution in [1.29, 1.82) is 0 Å². The third kappa shape index (κ3) is 2.20. The largest absolute Gasteiger partial charge is 0.397 e. The van der Waals surface area contributed by atoms with Crippen molar-refractivity contribution in [2.24, 2.45) is 0 Å². The lowest BCUT2D eigenvalue weighted by Crippen LogP contribution is -1.98. The average molecular weight is 250 g/mol. The molecule has 4 heteroatoms. The summed E-state index contributed by atoms with van der Waals surface area (Å²) in [5.74, 6) is 0.781. The predicted molar refractivity (Wildman–Crippen MR) is 78.4 cm³/mol. The number of anilines is 3. The van der Waals surface area contributed by atoms with Crippen LogP contribution in [0.3, 0.4) is 0 Å². The third-order valence-corrected chi connectivity index (χ3v) is 3.04. The van der Waals surface area contributed by atoms with Crippen LogP contribution in [0.2, 0.25) is 0 Å². The monoisotopic (exact) mass is 250 g/mol. The van der Waals surface area contributed by atoms with Crippen LogP contribution in [-0.2, 0) is 0 Å². The van der Waals surface area contributed by atoms with Gasteiger partial charge in [-0.15, -0.1) is 0 Å². The highest BCUT2D eigenvalue weighted by Crippen LogP contribution is 2.24. The maximum atomic E-state index is 5.77. The van der Waals surface area contributed by atoms with Crippen LogP contribution in [0, 0.1) is 6.92 Å². The summed E-state index contributed by atoms with van der Waals surface area (Å²) in [6.45, 7) is 1.89. The molecule has 0 aliphatic heterocycles. The van der Waals surface area contributed by atoms with Crippen LogP contribution in [0.1, 0.15) is 5.69 Å². The molecule has 2 heterocycles. The fourth-order valence-electron chi connectivity index (χ4n) is 1.99. The first-order valence-electron chi connectivity index (χ1n) is 6.08. The number of pyridine rings is 2. The molecule has 0 saturated heterocycles. The number of aromatic nitrogens is 2. The van der Waals surface area contributed by atoms with Gasteiger partial charge in [0.25, 0.3) is 0 Å². The highest BCUT2D eigenvalue weighted by atomic mass is 15.0. The molecule has 3 aromatic rings. The van der Waals surface area contributed by atoms with Gasteiger partial charge in [-0.05, 0) is 43.3 Å². The Labute approximate surface area is 111 Å². The van der Waals surface area contributed by atoms with Crippen molar-refractivity contribution in [3.8, 4) is 0 Å². The van der Waals surface area contributed by atoms with Crippen molar-refractivity contribution >= 4 is 28.1 Å². The Hall–Kier alpha value is -2.62. The Kier molecular flexibility index (Phi) is 2.76. The summed E-state index contributed by atoms with van der Waals surface area (Å²) in [5.41, 5.74) is 9.24. The maximum Gasteiger partial charge on any atom is 0.130 e. The van der Waals surface area contributed by atoms with E-state index in [4.69, 9.17) is 5.73 Å². The second kappa shape index (κ2) is 4.57. The minimum absolute atomic E-state index is 0.699. The average Bonchev–Trinajstić information content (AvgIpc) is 2.43. The molecule has 0 amide bonds. The summed E-state index contributed by atoms with van der Waals surface area (Å²) < 4.78 is 0. The van der Waals surface area contributed by atoms with E-state index in [2.05, 4.69) is 15.3 Å². The molecule has 0 aliphatic rings. The molecule has 0 radical (unpaired) electrons. The van der Waals surface area contributed by atoms with Gasteiger partial charge in [0.15, 0.2) is 0 Å². The Bertz CT molecular complexity index is 732. The van der Waals surface area contributed by atoms with E-state index in [0.717, 1.165) is 28.1 Å². The molecule has 0 aliphatic carbocycles. The summed E-state index contributed by atoms with van der Waals surface area (Å²) >= 11 is 0. The van der Waals surface area contributed by atoms with Crippen molar-refractivity contribution in [2.45, 2.75) is 6.92 Å². The lowest BCUT2D eigenvalue weighted by atomic mass is 10.2. The zero-order valence-electron chi connectivity index (χ0n) is 10.6. The van der Waals surface area contributed by atoms with E-state index in [-0.39, 0.29) is 0 Å². The Morgan fingerprint density at radius 1 is 1.05 bits per heavy atom. The van der Waals surface area contributed by atoms with Crippen molar-refractivity contribution in [1.82, 2.24) is 9.97 Å². The van der Waals surface area contributed by atoms with E-state index in [1.54, 1.807) is 6.20 Å². The Morgan fingerprint density at radius 3 is 2.79 bits per heavy atom. The first-order chi connectivity index (χ1) is 9.24. The van der Waals surface area contributed by atoms with Crippen LogP contribution < -0.4 is 11.1 Å². The topological polar surface area (TPSA) is 63.8 Å². The van der Waals surface area contributed by atoms with Crippen molar-refractivity contribution in [2.75, 3.05) is 11.1 Å². The molecule has 3 rings (SSSR count). The fraction of sp³-hybridized carbons (Fsp3) is 0.0667. The molecule has 0 fully saturated rings. The zero-order chi connectivity index (χ0) is 13.2. The Balaban J connectivity index is 2.03. The first kappa shape index (κ1) is 11.5. The molecule has 19 heavy (non-hydrogen) atoms. The molecule has 0 unspecified atom stereocenters. The van der Waals surface area contributed by atoms with E-state index >= 15 is 0 Å². The third-order valence-electron chi connectivity index (χ3n) is 3.04. The molecule has 2 aromatic heterocycles. The van der Waals surface area contributed by atoms with E-state index < -0.39 is 0 Å². The van der Waals surface area contributed by atoms with E-state index in [1.165, 1.54) is 0 Å². The lowest BCUT2D eigenvalue weighted by Gasteiger charge is -2.10. The summed E-state index contributed by atoms with van der Waals surface area (Å²) in [4.78, 5) is 8.75. The Morgan fingerprint density at radius 2 is 1.95 bits per heavy atom. The van der Waals surface area contributed by atoms with E-state index in [1.807, 2.05) is 49.4 Å². The van der Waals surface area contributed by atoms with E-state index in [0.29, 0.717) is 5.69 Å². The molecular weight excluding hydrogens is 236 g/mol. The van der Waals surface area contributed by atoms with Crippen molar-refractivity contribution in [3.63, 3.8) is 0 Å². The van der Waals surface area contributed by atoms with Gasteiger partial charge >= 0.3 is 0 Å². The number of rotatable bonds is 2. The SMILES string of the molecule is Cc1nc(Nc2cccc3ncccc23)ccc1N. The summed E-state index contributed by atoms with van der Waals surface area (Å²) in [6.07, 6.45) is 1.79. The van der Waals surface area contributed by atoms with Gasteiger partial charge in [0.05, 0.1) is 16.9 Å². The van der Waals surface area contributed by atoms with Gasteiger partial charge in [-0.2, -0.15) is 0 Å². The second-order valence-corrected chi connectivity index (χ2v) is 4.37. The molecule has 94 valence electrons. The highest BCUT2D eigenvalue weighted by molar-refractivity contribution is 5.92. The van der Waals surface area contributed by atoms with Gasteiger partial charge in [-0.25, -0.2) is 4.98 Å². The smallest absolute Gasteiger partial charge is 0.130 e. The van der Waals surface area contributed by atoms with Gasteiger partial charge < -0.3 is 11.1 Å².